The summed E-state index contributed by atoms with van der Waals surface area (Å²) in [6, 6.07) is 2.37. The molecule has 0 saturated carbocycles. The zero-order valence-electron chi connectivity index (χ0n) is 13.5. The van der Waals surface area contributed by atoms with Crippen molar-refractivity contribution in [1.29, 1.82) is 0 Å². The van der Waals surface area contributed by atoms with Gasteiger partial charge in [0, 0.05) is 18.8 Å². The molecule has 1 aliphatic rings. The van der Waals surface area contributed by atoms with Crippen molar-refractivity contribution in [3.05, 3.63) is 23.9 Å². The fraction of sp³-hybridized carbons (Fsp3) is 0.533. The highest BCUT2D eigenvalue weighted by Crippen LogP contribution is 2.23. The standard InChI is InChI=1S/C15H17F4N3O4/c16-14(17)15(18,19)7-25-11-4-1-8(5-21-11)13(24)22-6-9-2-3-10(26-9)12(20)23/h1,4-5,9-10,14H,2-3,6-7H2,(H2,20,23)(H,22,24)/t9-,10+/m1/s1. The van der Waals surface area contributed by atoms with Gasteiger partial charge >= 0.3 is 12.3 Å². The van der Waals surface area contributed by atoms with Crippen LogP contribution < -0.4 is 15.8 Å². The van der Waals surface area contributed by atoms with E-state index in [9.17, 15) is 27.2 Å². The van der Waals surface area contributed by atoms with Crippen LogP contribution in [0.2, 0.25) is 0 Å². The van der Waals surface area contributed by atoms with E-state index in [4.69, 9.17) is 10.5 Å². The first kappa shape index (κ1) is 19.9. The number of nitrogens with zero attached hydrogens (tertiary/aromatic N) is 1. The maximum absolute atomic E-state index is 12.8. The lowest BCUT2D eigenvalue weighted by Crippen LogP contribution is -2.34. The molecule has 7 nitrogen and oxygen atoms in total. The van der Waals surface area contributed by atoms with Gasteiger partial charge in [-0.1, -0.05) is 0 Å². The van der Waals surface area contributed by atoms with Gasteiger partial charge in [0.1, 0.15) is 6.10 Å². The van der Waals surface area contributed by atoms with Crippen LogP contribution in [0.1, 0.15) is 23.2 Å². The zero-order chi connectivity index (χ0) is 19.3. The molecule has 2 rings (SSSR count). The predicted octanol–water partition coefficient (Wildman–Crippen LogP) is 1.12. The maximum atomic E-state index is 12.8. The summed E-state index contributed by atoms with van der Waals surface area (Å²) < 4.78 is 59.4. The molecule has 1 saturated heterocycles. The van der Waals surface area contributed by atoms with Crippen LogP contribution in [0.3, 0.4) is 0 Å². The van der Waals surface area contributed by atoms with E-state index in [1.807, 2.05) is 0 Å². The second-order valence-electron chi connectivity index (χ2n) is 5.67. The minimum absolute atomic E-state index is 0.113. The normalized spacial score (nSPS) is 20.2. The molecule has 0 unspecified atom stereocenters. The van der Waals surface area contributed by atoms with Gasteiger partial charge in [-0.25, -0.2) is 13.8 Å². The Bertz CT molecular complexity index is 642. The molecule has 11 heteroatoms. The monoisotopic (exact) mass is 379 g/mol. The summed E-state index contributed by atoms with van der Waals surface area (Å²) in [5.41, 5.74) is 5.24. The molecule has 1 aromatic heterocycles. The number of nitrogens with two attached hydrogens (primary N) is 1. The fourth-order valence-electron chi connectivity index (χ4n) is 2.21. The first-order valence-corrected chi connectivity index (χ1v) is 7.67. The van der Waals surface area contributed by atoms with E-state index in [1.54, 1.807) is 0 Å². The highest BCUT2D eigenvalue weighted by atomic mass is 19.3. The minimum Gasteiger partial charge on any atom is -0.471 e. The predicted molar refractivity (Wildman–Crippen MR) is 80.1 cm³/mol. The minimum atomic E-state index is -4.29. The summed E-state index contributed by atoms with van der Waals surface area (Å²) in [5.74, 6) is -5.67. The lowest BCUT2D eigenvalue weighted by Gasteiger charge is -2.15. The van der Waals surface area contributed by atoms with Crippen molar-refractivity contribution >= 4 is 11.8 Å². The Morgan fingerprint density at radius 1 is 1.38 bits per heavy atom. The third kappa shape index (κ3) is 5.28. The third-order valence-corrected chi connectivity index (χ3v) is 3.65. The van der Waals surface area contributed by atoms with E-state index in [-0.39, 0.29) is 24.1 Å². The SMILES string of the molecule is NC(=O)[C@@H]1CC[C@H](CNC(=O)c2ccc(OCC(F)(F)C(F)F)nc2)O1. The van der Waals surface area contributed by atoms with E-state index in [2.05, 4.69) is 15.0 Å². The van der Waals surface area contributed by atoms with Crippen LogP contribution in [-0.2, 0) is 9.53 Å². The van der Waals surface area contributed by atoms with E-state index >= 15 is 0 Å². The summed E-state index contributed by atoms with van der Waals surface area (Å²) in [6.07, 6.45) is -2.75. The molecule has 2 heterocycles. The quantitative estimate of drug-likeness (QED) is 0.659. The Morgan fingerprint density at radius 2 is 2.12 bits per heavy atom. The molecule has 0 bridgehead atoms. The molecule has 2 atom stereocenters. The zero-order valence-corrected chi connectivity index (χ0v) is 13.5. The van der Waals surface area contributed by atoms with Crippen LogP contribution in [0.15, 0.2) is 18.3 Å². The number of carbonyl (C=O) groups is 2. The molecule has 0 radical (unpaired) electrons. The molecule has 1 aliphatic heterocycles. The average Bonchev–Trinajstić information content (AvgIpc) is 3.07. The van der Waals surface area contributed by atoms with Crippen molar-refractivity contribution in [3.8, 4) is 5.88 Å². The summed E-state index contributed by atoms with van der Waals surface area (Å²) >= 11 is 0. The molecule has 1 fully saturated rings. The second kappa shape index (κ2) is 8.30. The molecule has 0 spiro atoms. The third-order valence-electron chi connectivity index (χ3n) is 3.65. The first-order valence-electron chi connectivity index (χ1n) is 7.67. The average molecular weight is 379 g/mol. The van der Waals surface area contributed by atoms with Gasteiger partial charge in [-0.05, 0) is 18.9 Å². The highest BCUT2D eigenvalue weighted by molar-refractivity contribution is 5.93. The number of ether oxygens (including phenoxy) is 2. The lowest BCUT2D eigenvalue weighted by molar-refractivity contribution is -0.148. The number of aromatic nitrogens is 1. The van der Waals surface area contributed by atoms with Crippen molar-refractivity contribution in [2.45, 2.75) is 37.4 Å². The van der Waals surface area contributed by atoms with Crippen molar-refractivity contribution in [3.63, 3.8) is 0 Å². The van der Waals surface area contributed by atoms with Gasteiger partial charge in [-0.2, -0.15) is 8.78 Å². The maximum Gasteiger partial charge on any atom is 0.340 e. The number of hydrogen-bond acceptors (Lipinski definition) is 5. The van der Waals surface area contributed by atoms with E-state index in [0.717, 1.165) is 12.3 Å². The van der Waals surface area contributed by atoms with Gasteiger partial charge in [0.2, 0.25) is 11.8 Å². The molecule has 1 aromatic rings. The number of amides is 2. The summed E-state index contributed by atoms with van der Waals surface area (Å²) in [4.78, 5) is 26.6. The smallest absolute Gasteiger partial charge is 0.340 e. The van der Waals surface area contributed by atoms with Gasteiger partial charge in [-0.3, -0.25) is 9.59 Å². The number of nitrogens with one attached hydrogen (secondary N) is 1. The van der Waals surface area contributed by atoms with Crippen molar-refractivity contribution < 1.29 is 36.6 Å². The molecule has 144 valence electrons. The Hall–Kier alpha value is -2.43. The van der Waals surface area contributed by atoms with Crippen molar-refractivity contribution in [1.82, 2.24) is 10.3 Å². The van der Waals surface area contributed by atoms with Gasteiger partial charge in [0.15, 0.2) is 6.61 Å². The van der Waals surface area contributed by atoms with E-state index < -0.39 is 36.9 Å². The molecule has 2 amide bonds. The number of rotatable bonds is 8. The van der Waals surface area contributed by atoms with Crippen molar-refractivity contribution in [2.75, 3.05) is 13.2 Å². The fourth-order valence-corrected chi connectivity index (χ4v) is 2.21. The number of primary amides is 1. The Labute approximate surface area is 145 Å². The highest BCUT2D eigenvalue weighted by Gasteiger charge is 2.41. The van der Waals surface area contributed by atoms with Crippen LogP contribution in [-0.4, -0.2) is 54.5 Å². The molecular weight excluding hydrogens is 362 g/mol. The van der Waals surface area contributed by atoms with Crippen LogP contribution in [0, 0.1) is 0 Å². The van der Waals surface area contributed by atoms with Crippen LogP contribution in [0.25, 0.3) is 0 Å². The summed E-state index contributed by atoms with van der Waals surface area (Å²) in [5, 5.41) is 2.57. The molecular formula is C15H17F4N3O4. The van der Waals surface area contributed by atoms with Gasteiger partial charge < -0.3 is 20.5 Å². The van der Waals surface area contributed by atoms with Crippen molar-refractivity contribution in [2.24, 2.45) is 5.73 Å². The molecule has 3 N–H and O–H groups in total. The number of alkyl halides is 4. The van der Waals surface area contributed by atoms with E-state index in [1.165, 1.54) is 6.07 Å². The van der Waals surface area contributed by atoms with E-state index in [0.29, 0.717) is 12.8 Å². The van der Waals surface area contributed by atoms with Gasteiger partial charge in [-0.15, -0.1) is 0 Å². The summed E-state index contributed by atoms with van der Waals surface area (Å²) in [6.45, 7) is -1.37. The Balaban J connectivity index is 1.80. The Kier molecular flexibility index (Phi) is 6.35. The molecule has 0 aromatic carbocycles. The first-order chi connectivity index (χ1) is 12.2. The van der Waals surface area contributed by atoms with Gasteiger partial charge in [0.05, 0.1) is 11.7 Å². The molecule has 0 aliphatic carbocycles. The van der Waals surface area contributed by atoms with Crippen LogP contribution in [0.4, 0.5) is 17.6 Å². The van der Waals surface area contributed by atoms with Crippen LogP contribution in [0.5, 0.6) is 5.88 Å². The number of pyridine rings is 1. The number of halogens is 4. The lowest BCUT2D eigenvalue weighted by atomic mass is 10.2. The second-order valence-corrected chi connectivity index (χ2v) is 5.67. The Morgan fingerprint density at radius 3 is 2.65 bits per heavy atom. The number of hydrogen-bond donors (Lipinski definition) is 2. The molecule has 26 heavy (non-hydrogen) atoms. The summed E-state index contributed by atoms with van der Waals surface area (Å²) in [7, 11) is 0. The number of carbonyl (C=O) groups excluding carboxylic acids is 2. The van der Waals surface area contributed by atoms with Gasteiger partial charge in [0.25, 0.3) is 5.91 Å². The topological polar surface area (TPSA) is 104 Å². The van der Waals surface area contributed by atoms with Crippen LogP contribution >= 0.6 is 0 Å². The largest absolute Gasteiger partial charge is 0.471 e.